The van der Waals surface area contributed by atoms with Crippen molar-refractivity contribution in [3.8, 4) is 0 Å². The van der Waals surface area contributed by atoms with Gasteiger partial charge < -0.3 is 45.6 Å². The van der Waals surface area contributed by atoms with Gasteiger partial charge in [-0.3, -0.25) is 0 Å². The molecule has 0 aliphatic carbocycles. The van der Waals surface area contributed by atoms with Crippen molar-refractivity contribution in [3.63, 3.8) is 0 Å². The Morgan fingerprint density at radius 3 is 0.474 bits per heavy atom. The van der Waals surface area contributed by atoms with Gasteiger partial charge in [0.2, 0.25) is 0 Å². The van der Waals surface area contributed by atoms with E-state index in [-0.39, 0.29) is 52.9 Å². The fourth-order valence-electron chi connectivity index (χ4n) is 0. The highest BCUT2D eigenvalue weighted by Gasteiger charge is 1.59. The van der Waals surface area contributed by atoms with Gasteiger partial charge in [0, 0.05) is 14.2 Å². The Kier molecular flexibility index (Phi) is 107. The second-order valence-corrected chi connectivity index (χ2v) is 2.20. The zero-order valence-corrected chi connectivity index (χ0v) is 11.6. The first kappa shape index (κ1) is 31.2. The molecule has 9 heteroatoms. The molecule has 8 N–H and O–H groups in total. The van der Waals surface area contributed by atoms with Crippen LogP contribution in [0.25, 0.3) is 0 Å². The Labute approximate surface area is 114 Å². The van der Waals surface area contributed by atoms with Gasteiger partial charge in [-0.15, -0.1) is 0 Å². The van der Waals surface area contributed by atoms with Crippen LogP contribution < -0.4 is 0 Å². The number of aliphatic hydroxyl groups excluding tert-OH is 8. The van der Waals surface area contributed by atoms with Crippen LogP contribution in [0.3, 0.4) is 0 Å². The molecule has 0 fully saturated rings. The number of aliphatic hydroxyl groups is 8. The summed E-state index contributed by atoms with van der Waals surface area (Å²) in [5, 5.41) is 61.0. The van der Waals surface area contributed by atoms with Crippen LogP contribution in [0, 0.1) is 0 Å². The van der Waals surface area contributed by atoms with Crippen LogP contribution in [0.4, 0.5) is 0 Å². The minimum absolute atomic E-state index is 0.125. The summed E-state index contributed by atoms with van der Waals surface area (Å²) >= 11 is 0. The fraction of sp³-hybridized carbons (Fsp3) is 1.00. The second-order valence-electron chi connectivity index (χ2n) is 2.20. The lowest BCUT2D eigenvalue weighted by Gasteiger charge is -1.70. The highest BCUT2D eigenvalue weighted by molar-refractivity contribution is 4.07. The topological polar surface area (TPSA) is 171 Å². The van der Waals surface area contributed by atoms with E-state index in [9.17, 15) is 0 Å². The van der Waals surface area contributed by atoms with E-state index < -0.39 is 0 Å². The van der Waals surface area contributed by atoms with Crippen LogP contribution in [-0.2, 0) is 4.74 Å². The number of methoxy groups -OCH3 is 1. The van der Waals surface area contributed by atoms with Crippen LogP contribution in [0.15, 0.2) is 0 Å². The minimum atomic E-state index is -0.125. The van der Waals surface area contributed by atoms with Crippen LogP contribution in [0.2, 0.25) is 0 Å². The van der Waals surface area contributed by atoms with Crippen LogP contribution in [-0.4, -0.2) is 108 Å². The maximum Gasteiger partial charge on any atom is 0.0662 e. The van der Waals surface area contributed by atoms with E-state index >= 15 is 0 Å². The quantitative estimate of drug-likeness (QED) is 0.258. The van der Waals surface area contributed by atoms with Gasteiger partial charge in [0.25, 0.3) is 0 Å². The first-order chi connectivity index (χ1) is 9.07. The van der Waals surface area contributed by atoms with Gasteiger partial charge in [-0.1, -0.05) is 0 Å². The summed E-state index contributed by atoms with van der Waals surface area (Å²) in [6.45, 7) is -1.00. The van der Waals surface area contributed by atoms with Gasteiger partial charge in [0.15, 0.2) is 0 Å². The predicted molar refractivity (Wildman–Crippen MR) is 69.6 cm³/mol. The molecule has 0 spiro atoms. The highest BCUT2D eigenvalue weighted by Crippen LogP contribution is 1.40. The number of hydrogen-bond donors (Lipinski definition) is 8. The van der Waals surface area contributed by atoms with Gasteiger partial charge in [0.05, 0.1) is 52.9 Å². The number of ether oxygens (including phenoxy) is 1. The van der Waals surface area contributed by atoms with Crippen molar-refractivity contribution in [2.45, 2.75) is 0 Å². The molecule has 0 bridgehead atoms. The Bertz CT molecular complexity index is 52.0. The van der Waals surface area contributed by atoms with Gasteiger partial charge in [0.1, 0.15) is 0 Å². The van der Waals surface area contributed by atoms with Crippen LogP contribution in [0.5, 0.6) is 0 Å². The molecule has 0 atom stereocenters. The van der Waals surface area contributed by atoms with Crippen LogP contribution >= 0.6 is 0 Å². The Morgan fingerprint density at radius 1 is 0.421 bits per heavy atom. The van der Waals surface area contributed by atoms with Crippen molar-refractivity contribution in [2.75, 3.05) is 67.1 Å². The van der Waals surface area contributed by atoms with Crippen LogP contribution in [0.1, 0.15) is 0 Å². The van der Waals surface area contributed by atoms with Gasteiger partial charge in [-0.25, -0.2) is 0 Å². The molecule has 0 aromatic carbocycles. The van der Waals surface area contributed by atoms with E-state index in [2.05, 4.69) is 4.74 Å². The molecule has 0 heterocycles. The maximum atomic E-state index is 7.62. The molecule has 124 valence electrons. The van der Waals surface area contributed by atoms with E-state index in [1.165, 1.54) is 0 Å². The van der Waals surface area contributed by atoms with Gasteiger partial charge >= 0.3 is 0 Å². The average molecular weight is 294 g/mol. The highest BCUT2D eigenvalue weighted by atomic mass is 16.4. The summed E-state index contributed by atoms with van der Waals surface area (Å²) in [6, 6.07) is 0. The fourth-order valence-corrected chi connectivity index (χ4v) is 0. The van der Waals surface area contributed by atoms with Crippen molar-refractivity contribution in [3.05, 3.63) is 0 Å². The summed E-state index contributed by atoms with van der Waals surface area (Å²) in [5.41, 5.74) is 0. The van der Waals surface area contributed by atoms with E-state index in [0.29, 0.717) is 0 Å². The summed E-state index contributed by atoms with van der Waals surface area (Å²) in [6.07, 6.45) is 0. The molecule has 9 nitrogen and oxygen atoms in total. The molecule has 0 amide bonds. The Hall–Kier alpha value is -0.360. The summed E-state index contributed by atoms with van der Waals surface area (Å²) < 4.78 is 4.25. The lowest BCUT2D eigenvalue weighted by Crippen LogP contribution is -1.85. The average Bonchev–Trinajstić information content (AvgIpc) is 2.48. The standard InChI is InChI=1S/4C2H6O2.C2H6O/c4*3-1-2-4;1-3-2/h4*3-4H,1-2H2;1-2H3. The number of rotatable bonds is 4. The third kappa shape index (κ3) is 326. The SMILES string of the molecule is COC.OCCO.OCCO.OCCO.OCCO. The molecule has 0 saturated heterocycles. The smallest absolute Gasteiger partial charge is 0.0662 e. The molecular formula is C10H30O9. The van der Waals surface area contributed by atoms with E-state index in [4.69, 9.17) is 40.9 Å². The molecule has 0 aliphatic heterocycles. The maximum absolute atomic E-state index is 7.62. The van der Waals surface area contributed by atoms with Crippen molar-refractivity contribution in [1.82, 2.24) is 0 Å². The molecule has 19 heavy (non-hydrogen) atoms. The molecule has 0 aromatic heterocycles. The largest absolute Gasteiger partial charge is 0.394 e. The monoisotopic (exact) mass is 294 g/mol. The third-order valence-corrected chi connectivity index (χ3v) is 0.400. The first-order valence-electron chi connectivity index (χ1n) is 5.35. The molecule has 0 unspecified atom stereocenters. The van der Waals surface area contributed by atoms with E-state index in [1.54, 1.807) is 14.2 Å². The van der Waals surface area contributed by atoms with Gasteiger partial charge in [-0.05, 0) is 0 Å². The minimum Gasteiger partial charge on any atom is -0.394 e. The van der Waals surface area contributed by atoms with E-state index in [0.717, 1.165) is 0 Å². The van der Waals surface area contributed by atoms with Crippen molar-refractivity contribution < 1.29 is 45.6 Å². The lowest BCUT2D eigenvalue weighted by atomic mass is 10.8. The Balaban J connectivity index is -0.0000000432. The molecule has 0 aliphatic rings. The Morgan fingerprint density at radius 2 is 0.474 bits per heavy atom. The lowest BCUT2D eigenvalue weighted by molar-refractivity contribution is 0.186. The van der Waals surface area contributed by atoms with Gasteiger partial charge in [-0.2, -0.15) is 0 Å². The number of hydrogen-bond acceptors (Lipinski definition) is 9. The molecule has 0 radical (unpaired) electrons. The van der Waals surface area contributed by atoms with Crippen molar-refractivity contribution in [1.29, 1.82) is 0 Å². The molecule has 0 rings (SSSR count). The summed E-state index contributed by atoms with van der Waals surface area (Å²) in [5.74, 6) is 0. The molecule has 0 aromatic rings. The van der Waals surface area contributed by atoms with Crippen molar-refractivity contribution >= 4 is 0 Å². The third-order valence-electron chi connectivity index (χ3n) is 0.400. The van der Waals surface area contributed by atoms with E-state index in [1.807, 2.05) is 0 Å². The summed E-state index contributed by atoms with van der Waals surface area (Å²) in [7, 11) is 3.25. The second kappa shape index (κ2) is 65.4. The normalized spacial score (nSPS) is 7.26. The zero-order chi connectivity index (χ0) is 16.4. The van der Waals surface area contributed by atoms with Crippen molar-refractivity contribution in [2.24, 2.45) is 0 Å². The first-order valence-corrected chi connectivity index (χ1v) is 5.35. The summed E-state index contributed by atoms with van der Waals surface area (Å²) in [4.78, 5) is 0. The zero-order valence-electron chi connectivity index (χ0n) is 11.6. The predicted octanol–water partition coefficient (Wildman–Crippen LogP) is -3.85. The molecular weight excluding hydrogens is 264 g/mol. The molecule has 0 saturated carbocycles.